The van der Waals surface area contributed by atoms with Gasteiger partial charge in [0.2, 0.25) is 5.91 Å². The van der Waals surface area contributed by atoms with Gasteiger partial charge in [-0.2, -0.15) is 0 Å². The number of amides is 1. The van der Waals surface area contributed by atoms with Crippen LogP contribution in [0.1, 0.15) is 44.9 Å². The van der Waals surface area contributed by atoms with Crippen LogP contribution in [-0.4, -0.2) is 58.8 Å². The van der Waals surface area contributed by atoms with Crippen LogP contribution in [0.15, 0.2) is 0 Å². The van der Waals surface area contributed by atoms with E-state index in [9.17, 15) is 14.7 Å². The molecule has 1 saturated carbocycles. The zero-order valence-electron chi connectivity index (χ0n) is 12.5. The van der Waals surface area contributed by atoms with E-state index in [1.165, 1.54) is 6.42 Å². The molecular weight excluding hydrogens is 272 g/mol. The van der Waals surface area contributed by atoms with E-state index in [1.807, 2.05) is 4.90 Å². The van der Waals surface area contributed by atoms with Gasteiger partial charge in [-0.05, 0) is 44.9 Å². The summed E-state index contributed by atoms with van der Waals surface area (Å²) in [6, 6.07) is 0. The maximum Gasteiger partial charge on any atom is 0.306 e. The number of nitrogens with zero attached hydrogens (tertiary/aromatic N) is 1. The van der Waals surface area contributed by atoms with Crippen molar-refractivity contribution in [3.63, 3.8) is 0 Å². The van der Waals surface area contributed by atoms with Crippen LogP contribution in [0.4, 0.5) is 0 Å². The predicted molar refractivity (Wildman–Crippen MR) is 77.8 cm³/mol. The Hall–Kier alpha value is -1.14. The minimum atomic E-state index is -0.867. The van der Waals surface area contributed by atoms with Gasteiger partial charge in [-0.25, -0.2) is 0 Å². The van der Waals surface area contributed by atoms with E-state index in [2.05, 4.69) is 5.32 Å². The van der Waals surface area contributed by atoms with E-state index in [0.29, 0.717) is 32.2 Å². The molecule has 2 rings (SSSR count). The van der Waals surface area contributed by atoms with Crippen LogP contribution < -0.4 is 5.32 Å². The van der Waals surface area contributed by atoms with Crippen molar-refractivity contribution in [3.8, 4) is 0 Å². The molecule has 1 amide bonds. The second-order valence-corrected chi connectivity index (χ2v) is 6.38. The van der Waals surface area contributed by atoms with Gasteiger partial charge in [0.05, 0.1) is 18.1 Å². The minimum absolute atomic E-state index is 0.0949. The molecule has 6 heteroatoms. The SMILES string of the molecule is O=C(O)C1CCC(O)(CNCC(=O)N2CCCCC2)CC1. The third-order valence-electron chi connectivity index (χ3n) is 4.70. The number of hydrogen-bond acceptors (Lipinski definition) is 4. The maximum atomic E-state index is 12.0. The highest BCUT2D eigenvalue weighted by Crippen LogP contribution is 2.31. The topological polar surface area (TPSA) is 89.9 Å². The summed E-state index contributed by atoms with van der Waals surface area (Å²) in [5.41, 5.74) is -0.867. The first-order valence-corrected chi connectivity index (χ1v) is 7.94. The van der Waals surface area contributed by atoms with Crippen molar-refractivity contribution in [1.29, 1.82) is 0 Å². The number of nitrogens with one attached hydrogen (secondary N) is 1. The number of aliphatic hydroxyl groups is 1. The molecule has 0 spiro atoms. The van der Waals surface area contributed by atoms with Gasteiger partial charge in [-0.3, -0.25) is 9.59 Å². The van der Waals surface area contributed by atoms with Gasteiger partial charge >= 0.3 is 5.97 Å². The van der Waals surface area contributed by atoms with E-state index < -0.39 is 11.6 Å². The molecule has 0 unspecified atom stereocenters. The van der Waals surface area contributed by atoms with Gasteiger partial charge in [0.15, 0.2) is 0 Å². The number of piperidine rings is 1. The van der Waals surface area contributed by atoms with Gasteiger partial charge in [-0.1, -0.05) is 0 Å². The van der Waals surface area contributed by atoms with E-state index in [4.69, 9.17) is 5.11 Å². The fourth-order valence-corrected chi connectivity index (χ4v) is 3.24. The number of aliphatic carboxylic acids is 1. The largest absolute Gasteiger partial charge is 0.481 e. The Labute approximate surface area is 125 Å². The predicted octanol–water partition coefficient (Wildman–Crippen LogP) is 0.594. The van der Waals surface area contributed by atoms with Crippen molar-refractivity contribution in [3.05, 3.63) is 0 Å². The van der Waals surface area contributed by atoms with Crippen molar-refractivity contribution in [2.75, 3.05) is 26.2 Å². The Kier molecular flexibility index (Phi) is 5.58. The van der Waals surface area contributed by atoms with E-state index in [-0.39, 0.29) is 18.4 Å². The molecule has 3 N–H and O–H groups in total. The molecule has 120 valence electrons. The molecule has 1 aliphatic carbocycles. The number of hydrogen-bond donors (Lipinski definition) is 3. The average molecular weight is 298 g/mol. The summed E-state index contributed by atoms with van der Waals surface area (Å²) in [7, 11) is 0. The molecule has 1 saturated heterocycles. The highest BCUT2D eigenvalue weighted by molar-refractivity contribution is 5.78. The van der Waals surface area contributed by atoms with E-state index >= 15 is 0 Å². The molecule has 0 radical (unpaired) electrons. The lowest BCUT2D eigenvalue weighted by Gasteiger charge is -2.35. The van der Waals surface area contributed by atoms with Gasteiger partial charge in [0.25, 0.3) is 0 Å². The third-order valence-corrected chi connectivity index (χ3v) is 4.70. The van der Waals surface area contributed by atoms with Crippen LogP contribution in [0.2, 0.25) is 0 Å². The fourth-order valence-electron chi connectivity index (χ4n) is 3.24. The number of carbonyl (C=O) groups excluding carboxylic acids is 1. The van der Waals surface area contributed by atoms with Crippen LogP contribution in [-0.2, 0) is 9.59 Å². The lowest BCUT2D eigenvalue weighted by molar-refractivity contribution is -0.144. The Balaban J connectivity index is 1.68. The first-order valence-electron chi connectivity index (χ1n) is 7.94. The second-order valence-electron chi connectivity index (χ2n) is 6.38. The molecule has 0 atom stereocenters. The van der Waals surface area contributed by atoms with Crippen LogP contribution in [0.25, 0.3) is 0 Å². The minimum Gasteiger partial charge on any atom is -0.481 e. The summed E-state index contributed by atoms with van der Waals surface area (Å²) in [4.78, 5) is 24.8. The molecule has 1 heterocycles. The number of carboxylic acids is 1. The van der Waals surface area contributed by atoms with E-state index in [1.54, 1.807) is 0 Å². The van der Waals surface area contributed by atoms with Crippen molar-refractivity contribution < 1.29 is 19.8 Å². The van der Waals surface area contributed by atoms with Crippen molar-refractivity contribution >= 4 is 11.9 Å². The number of rotatable bonds is 5. The maximum absolute atomic E-state index is 12.0. The van der Waals surface area contributed by atoms with Crippen LogP contribution in [0, 0.1) is 5.92 Å². The fraction of sp³-hybridized carbons (Fsp3) is 0.867. The molecule has 0 aromatic heterocycles. The molecular formula is C15H26N2O4. The number of carbonyl (C=O) groups is 2. The summed E-state index contributed by atoms with van der Waals surface area (Å²) >= 11 is 0. The van der Waals surface area contributed by atoms with Crippen LogP contribution >= 0.6 is 0 Å². The summed E-state index contributed by atoms with van der Waals surface area (Å²) in [6.45, 7) is 2.29. The zero-order chi connectivity index (χ0) is 15.3. The Bertz CT molecular complexity index is 372. The monoisotopic (exact) mass is 298 g/mol. The smallest absolute Gasteiger partial charge is 0.306 e. The summed E-state index contributed by atoms with van der Waals surface area (Å²) in [6.07, 6.45) is 5.32. The van der Waals surface area contributed by atoms with Crippen LogP contribution in [0.3, 0.4) is 0 Å². The Morgan fingerprint density at radius 1 is 1.14 bits per heavy atom. The lowest BCUT2D eigenvalue weighted by Crippen LogP contribution is -2.48. The molecule has 2 aliphatic rings. The highest BCUT2D eigenvalue weighted by atomic mass is 16.4. The summed E-state index contributed by atoms with van der Waals surface area (Å²) < 4.78 is 0. The molecule has 1 aliphatic heterocycles. The average Bonchev–Trinajstić information content (AvgIpc) is 2.48. The third kappa shape index (κ3) is 4.68. The van der Waals surface area contributed by atoms with Crippen molar-refractivity contribution in [1.82, 2.24) is 10.2 Å². The van der Waals surface area contributed by atoms with E-state index in [0.717, 1.165) is 25.9 Å². The molecule has 21 heavy (non-hydrogen) atoms. The normalized spacial score (nSPS) is 30.1. The molecule has 6 nitrogen and oxygen atoms in total. The van der Waals surface area contributed by atoms with Gasteiger partial charge < -0.3 is 20.4 Å². The molecule has 0 bridgehead atoms. The lowest BCUT2D eigenvalue weighted by atomic mass is 9.79. The molecule has 0 aromatic carbocycles. The standard InChI is InChI=1S/C15H26N2O4/c18-13(17-8-2-1-3-9-17)10-16-11-15(21)6-4-12(5-7-15)14(19)20/h12,16,21H,1-11H2,(H,19,20). The zero-order valence-corrected chi connectivity index (χ0v) is 12.5. The molecule has 0 aromatic rings. The highest BCUT2D eigenvalue weighted by Gasteiger charge is 2.35. The van der Waals surface area contributed by atoms with Crippen molar-refractivity contribution in [2.24, 2.45) is 5.92 Å². The summed E-state index contributed by atoms with van der Waals surface area (Å²) in [5, 5.41) is 22.4. The van der Waals surface area contributed by atoms with Gasteiger partial charge in [0.1, 0.15) is 0 Å². The number of carboxylic acid groups (broad SMARTS) is 1. The van der Waals surface area contributed by atoms with Gasteiger partial charge in [0, 0.05) is 19.6 Å². The first-order chi connectivity index (χ1) is 10.0. The first kappa shape index (κ1) is 16.2. The van der Waals surface area contributed by atoms with Crippen LogP contribution in [0.5, 0.6) is 0 Å². The van der Waals surface area contributed by atoms with Crippen molar-refractivity contribution in [2.45, 2.75) is 50.5 Å². The Morgan fingerprint density at radius 3 is 2.33 bits per heavy atom. The number of likely N-dealkylation sites (tertiary alicyclic amines) is 1. The molecule has 2 fully saturated rings. The second kappa shape index (κ2) is 7.22. The Morgan fingerprint density at radius 2 is 1.76 bits per heavy atom. The van der Waals surface area contributed by atoms with Gasteiger partial charge in [-0.15, -0.1) is 0 Å². The summed E-state index contributed by atoms with van der Waals surface area (Å²) in [5.74, 6) is -1.01. The quantitative estimate of drug-likeness (QED) is 0.691.